The first kappa shape index (κ1) is 22.2. The Morgan fingerprint density at radius 2 is 1.94 bits per heavy atom. The largest absolute Gasteiger partial charge is 0.493 e. The summed E-state index contributed by atoms with van der Waals surface area (Å²) < 4.78 is 43.8. The van der Waals surface area contributed by atoms with Crippen LogP contribution in [0.4, 0.5) is 18.9 Å². The number of ether oxygens (including phenoxy) is 1. The quantitative estimate of drug-likeness (QED) is 0.470. The average molecular weight is 446 g/mol. The molecule has 0 saturated heterocycles. The standard InChI is InChI=1S/C24H25F3N2O3/c1-23(11-16(12-23)14-30)22(31)29-21-13-28-20-7-6-18(10-19(20)21)32-9-8-15-2-4-17(5-3-15)24(25,26)27/h2-7,10,13,16,28,30H,8-9,11-12,14H2,1H3,(H,29,31)/t16-,23-. The summed E-state index contributed by atoms with van der Waals surface area (Å²) in [5, 5.41) is 13.0. The fourth-order valence-corrected chi connectivity index (χ4v) is 4.24. The number of hydrogen-bond donors (Lipinski definition) is 3. The molecule has 32 heavy (non-hydrogen) atoms. The monoisotopic (exact) mass is 446 g/mol. The van der Waals surface area contributed by atoms with Crippen LogP contribution in [0.25, 0.3) is 10.9 Å². The zero-order valence-corrected chi connectivity index (χ0v) is 17.6. The van der Waals surface area contributed by atoms with Crippen LogP contribution in [0.2, 0.25) is 0 Å². The molecule has 1 aromatic heterocycles. The number of carbonyl (C=O) groups excluding carboxylic acids is 1. The molecule has 3 aromatic rings. The average Bonchev–Trinajstić information content (AvgIpc) is 3.13. The predicted molar refractivity (Wildman–Crippen MR) is 115 cm³/mol. The van der Waals surface area contributed by atoms with Gasteiger partial charge in [0.15, 0.2) is 0 Å². The molecule has 1 aliphatic rings. The molecule has 2 aromatic carbocycles. The number of rotatable bonds is 7. The van der Waals surface area contributed by atoms with Gasteiger partial charge in [-0.15, -0.1) is 0 Å². The van der Waals surface area contributed by atoms with E-state index in [2.05, 4.69) is 10.3 Å². The van der Waals surface area contributed by atoms with Crippen LogP contribution in [0.15, 0.2) is 48.7 Å². The van der Waals surface area contributed by atoms with Gasteiger partial charge in [0.2, 0.25) is 5.91 Å². The summed E-state index contributed by atoms with van der Waals surface area (Å²) in [5.41, 5.74) is 1.11. The first-order chi connectivity index (χ1) is 15.2. The minimum Gasteiger partial charge on any atom is -0.493 e. The predicted octanol–water partition coefficient (Wildman–Crippen LogP) is 5.16. The zero-order valence-electron chi connectivity index (χ0n) is 17.6. The summed E-state index contributed by atoms with van der Waals surface area (Å²) in [6.07, 6.45) is -0.811. The number of H-pyrrole nitrogens is 1. The number of benzene rings is 2. The van der Waals surface area contributed by atoms with Gasteiger partial charge in [0.25, 0.3) is 0 Å². The number of alkyl halides is 3. The second-order valence-corrected chi connectivity index (χ2v) is 8.67. The lowest BCUT2D eigenvalue weighted by Crippen LogP contribution is -2.45. The molecule has 1 saturated carbocycles. The van der Waals surface area contributed by atoms with E-state index < -0.39 is 17.2 Å². The van der Waals surface area contributed by atoms with Gasteiger partial charge in [-0.25, -0.2) is 0 Å². The van der Waals surface area contributed by atoms with Crippen LogP contribution in [0.3, 0.4) is 0 Å². The summed E-state index contributed by atoms with van der Waals surface area (Å²) >= 11 is 0. The second-order valence-electron chi connectivity index (χ2n) is 8.67. The number of aromatic nitrogens is 1. The topological polar surface area (TPSA) is 74.4 Å². The van der Waals surface area contributed by atoms with Crippen LogP contribution in [-0.4, -0.2) is 29.2 Å². The molecular formula is C24H25F3N2O3. The zero-order chi connectivity index (χ0) is 22.9. The highest BCUT2D eigenvalue weighted by atomic mass is 19.4. The van der Waals surface area contributed by atoms with E-state index in [0.29, 0.717) is 37.3 Å². The lowest BCUT2D eigenvalue weighted by molar-refractivity contribution is -0.137. The van der Waals surface area contributed by atoms with Gasteiger partial charge in [0, 0.05) is 35.5 Å². The van der Waals surface area contributed by atoms with Gasteiger partial charge in [0.1, 0.15) is 5.75 Å². The molecular weight excluding hydrogens is 421 g/mol. The van der Waals surface area contributed by atoms with Crippen molar-refractivity contribution in [2.24, 2.45) is 11.3 Å². The summed E-state index contributed by atoms with van der Waals surface area (Å²) in [7, 11) is 0. The van der Waals surface area contributed by atoms with Crippen LogP contribution >= 0.6 is 0 Å². The van der Waals surface area contributed by atoms with Gasteiger partial charge in [-0.2, -0.15) is 13.2 Å². The third-order valence-corrected chi connectivity index (χ3v) is 6.13. The Hall–Kier alpha value is -3.00. The Morgan fingerprint density at radius 3 is 2.59 bits per heavy atom. The van der Waals surface area contributed by atoms with Crippen molar-refractivity contribution in [2.45, 2.75) is 32.4 Å². The van der Waals surface area contributed by atoms with E-state index in [1.54, 1.807) is 12.3 Å². The van der Waals surface area contributed by atoms with Crippen molar-refractivity contribution in [2.75, 3.05) is 18.5 Å². The number of aliphatic hydroxyl groups is 1. The molecule has 0 spiro atoms. The van der Waals surface area contributed by atoms with Crippen LogP contribution in [-0.2, 0) is 17.4 Å². The van der Waals surface area contributed by atoms with Crippen molar-refractivity contribution in [1.29, 1.82) is 0 Å². The van der Waals surface area contributed by atoms with Crippen LogP contribution in [0, 0.1) is 11.3 Å². The van der Waals surface area contributed by atoms with E-state index >= 15 is 0 Å². The molecule has 0 atom stereocenters. The lowest BCUT2D eigenvalue weighted by Gasteiger charge is -2.42. The highest BCUT2D eigenvalue weighted by Crippen LogP contribution is 2.46. The van der Waals surface area contributed by atoms with E-state index in [-0.39, 0.29) is 18.4 Å². The van der Waals surface area contributed by atoms with E-state index in [1.165, 1.54) is 12.1 Å². The Labute approximate surface area is 183 Å². The molecule has 0 unspecified atom stereocenters. The normalized spacial score (nSPS) is 20.7. The molecule has 0 bridgehead atoms. The molecule has 1 aliphatic carbocycles. The number of amides is 1. The first-order valence-corrected chi connectivity index (χ1v) is 10.5. The molecule has 5 nitrogen and oxygen atoms in total. The maximum atomic E-state index is 12.7. The smallest absolute Gasteiger partial charge is 0.416 e. The van der Waals surface area contributed by atoms with E-state index in [0.717, 1.165) is 28.6 Å². The van der Waals surface area contributed by atoms with Crippen molar-refractivity contribution in [1.82, 2.24) is 4.98 Å². The van der Waals surface area contributed by atoms with Crippen molar-refractivity contribution in [3.63, 3.8) is 0 Å². The molecule has 0 radical (unpaired) electrons. The van der Waals surface area contributed by atoms with E-state index in [9.17, 15) is 23.1 Å². The summed E-state index contributed by atoms with van der Waals surface area (Å²) in [6.45, 7) is 2.31. The number of hydrogen-bond acceptors (Lipinski definition) is 3. The highest BCUT2D eigenvalue weighted by molar-refractivity contribution is 6.04. The molecule has 8 heteroatoms. The second kappa shape index (κ2) is 8.50. The fraction of sp³-hybridized carbons (Fsp3) is 0.375. The number of carbonyl (C=O) groups is 1. The molecule has 3 N–H and O–H groups in total. The molecule has 4 rings (SSSR count). The molecule has 170 valence electrons. The number of aliphatic hydroxyl groups excluding tert-OH is 1. The molecule has 1 fully saturated rings. The first-order valence-electron chi connectivity index (χ1n) is 10.5. The maximum Gasteiger partial charge on any atom is 0.416 e. The summed E-state index contributed by atoms with van der Waals surface area (Å²) in [4.78, 5) is 15.8. The van der Waals surface area contributed by atoms with Gasteiger partial charge < -0.3 is 20.1 Å². The number of nitrogens with one attached hydrogen (secondary N) is 2. The number of fused-ring (bicyclic) bond motifs is 1. The number of halogens is 3. The summed E-state index contributed by atoms with van der Waals surface area (Å²) in [5.74, 6) is 0.713. The van der Waals surface area contributed by atoms with Gasteiger partial charge in [0.05, 0.1) is 17.9 Å². The third-order valence-electron chi connectivity index (χ3n) is 6.13. The minimum absolute atomic E-state index is 0.0725. The third kappa shape index (κ3) is 4.60. The van der Waals surface area contributed by atoms with Crippen molar-refractivity contribution in [3.8, 4) is 5.75 Å². The Kier molecular flexibility index (Phi) is 5.90. The lowest BCUT2D eigenvalue weighted by atomic mass is 9.63. The van der Waals surface area contributed by atoms with Crippen LogP contribution in [0.5, 0.6) is 5.75 Å². The van der Waals surface area contributed by atoms with Gasteiger partial charge in [-0.05, 0) is 54.7 Å². The van der Waals surface area contributed by atoms with E-state index in [1.807, 2.05) is 19.1 Å². The minimum atomic E-state index is -4.34. The number of aromatic amines is 1. The van der Waals surface area contributed by atoms with Crippen molar-refractivity contribution in [3.05, 3.63) is 59.8 Å². The molecule has 1 heterocycles. The fourth-order valence-electron chi connectivity index (χ4n) is 4.24. The molecule has 0 aliphatic heterocycles. The van der Waals surface area contributed by atoms with Crippen molar-refractivity contribution < 1.29 is 27.8 Å². The Morgan fingerprint density at radius 1 is 1.22 bits per heavy atom. The SMILES string of the molecule is C[C@]1(C(=O)Nc2c[nH]c3ccc(OCCc4ccc(C(F)(F)F)cc4)cc23)C[C@H](CO)C1. The van der Waals surface area contributed by atoms with Gasteiger partial charge in [-0.3, -0.25) is 4.79 Å². The van der Waals surface area contributed by atoms with Crippen LogP contribution in [0.1, 0.15) is 30.9 Å². The number of anilines is 1. The van der Waals surface area contributed by atoms with Gasteiger partial charge >= 0.3 is 6.18 Å². The summed E-state index contributed by atoms with van der Waals surface area (Å²) in [6, 6.07) is 10.5. The van der Waals surface area contributed by atoms with Gasteiger partial charge in [-0.1, -0.05) is 19.1 Å². The Bertz CT molecular complexity index is 1100. The van der Waals surface area contributed by atoms with E-state index in [4.69, 9.17) is 4.74 Å². The molecule has 1 amide bonds. The van der Waals surface area contributed by atoms with Crippen LogP contribution < -0.4 is 10.1 Å². The Balaban J connectivity index is 1.38. The van der Waals surface area contributed by atoms with Crippen molar-refractivity contribution >= 4 is 22.5 Å². The maximum absolute atomic E-state index is 12.7. The highest BCUT2D eigenvalue weighted by Gasteiger charge is 2.45.